The van der Waals surface area contributed by atoms with Gasteiger partial charge >= 0.3 is 5.97 Å². The van der Waals surface area contributed by atoms with Crippen molar-refractivity contribution in [1.82, 2.24) is 4.98 Å². The monoisotopic (exact) mass is 398 g/mol. The molecule has 0 spiro atoms. The summed E-state index contributed by atoms with van der Waals surface area (Å²) in [6.45, 7) is 3.83. The van der Waals surface area contributed by atoms with Gasteiger partial charge in [0.25, 0.3) is 5.91 Å². The van der Waals surface area contributed by atoms with Crippen LogP contribution in [0.4, 0.5) is 5.69 Å². The predicted octanol–water partition coefficient (Wildman–Crippen LogP) is 3.81. The first-order chi connectivity index (χ1) is 13.5. The van der Waals surface area contributed by atoms with Gasteiger partial charge in [0.1, 0.15) is 11.5 Å². The zero-order valence-corrected chi connectivity index (χ0v) is 16.4. The number of hydrogen-bond acceptors (Lipinski definition) is 7. The first-order valence-corrected chi connectivity index (χ1v) is 9.56. The number of hydrogen-bond donors (Lipinski definition) is 0. The summed E-state index contributed by atoms with van der Waals surface area (Å²) in [5.41, 5.74) is 2.39. The highest BCUT2D eigenvalue weighted by Crippen LogP contribution is 2.38. The number of furan rings is 1. The smallest absolute Gasteiger partial charge is 0.373 e. The predicted molar refractivity (Wildman–Crippen MR) is 104 cm³/mol. The average molecular weight is 398 g/mol. The van der Waals surface area contributed by atoms with Crippen molar-refractivity contribution in [2.45, 2.75) is 26.5 Å². The Bertz CT molecular complexity index is 1050. The first-order valence-electron chi connectivity index (χ1n) is 8.68. The van der Waals surface area contributed by atoms with Crippen LogP contribution in [0.25, 0.3) is 11.3 Å². The number of ether oxygens (including phenoxy) is 2. The number of amides is 1. The van der Waals surface area contributed by atoms with Crippen LogP contribution in [-0.2, 0) is 16.1 Å². The van der Waals surface area contributed by atoms with Gasteiger partial charge in [0.05, 0.1) is 30.0 Å². The SMILES string of the molecule is COC(=O)c1ccc(CN2C(=O)C(C)Oc3ccc(-c4csc(C)n4)cc32)o1. The third-order valence-corrected chi connectivity index (χ3v) is 5.22. The Kier molecular flexibility index (Phi) is 4.64. The fourth-order valence-corrected chi connectivity index (χ4v) is 3.68. The summed E-state index contributed by atoms with van der Waals surface area (Å²) in [7, 11) is 1.29. The number of anilines is 1. The summed E-state index contributed by atoms with van der Waals surface area (Å²) >= 11 is 1.57. The molecule has 0 saturated heterocycles. The van der Waals surface area contributed by atoms with Gasteiger partial charge < -0.3 is 13.9 Å². The van der Waals surface area contributed by atoms with Gasteiger partial charge in [0, 0.05) is 10.9 Å². The Hall–Kier alpha value is -3.13. The Morgan fingerprint density at radius 2 is 2.14 bits per heavy atom. The van der Waals surface area contributed by atoms with Crippen molar-refractivity contribution in [1.29, 1.82) is 0 Å². The van der Waals surface area contributed by atoms with Crippen molar-refractivity contribution in [3.8, 4) is 17.0 Å². The second-order valence-corrected chi connectivity index (χ2v) is 7.44. The summed E-state index contributed by atoms with van der Waals surface area (Å²) in [5.74, 6) is 0.439. The third kappa shape index (κ3) is 3.27. The Balaban J connectivity index is 1.70. The van der Waals surface area contributed by atoms with E-state index in [4.69, 9.17) is 9.15 Å². The maximum Gasteiger partial charge on any atom is 0.373 e. The minimum atomic E-state index is -0.616. The maximum absolute atomic E-state index is 12.8. The van der Waals surface area contributed by atoms with Crippen LogP contribution in [-0.4, -0.2) is 30.1 Å². The van der Waals surface area contributed by atoms with Crippen LogP contribution in [0.3, 0.4) is 0 Å². The summed E-state index contributed by atoms with van der Waals surface area (Å²) in [5, 5.41) is 2.95. The van der Waals surface area contributed by atoms with Crippen molar-refractivity contribution < 1.29 is 23.5 Å². The van der Waals surface area contributed by atoms with E-state index in [-0.39, 0.29) is 18.2 Å². The molecule has 1 atom stereocenters. The summed E-state index contributed by atoms with van der Waals surface area (Å²) in [4.78, 5) is 30.5. The molecule has 1 aliphatic heterocycles. The molecule has 3 heterocycles. The highest BCUT2D eigenvalue weighted by molar-refractivity contribution is 7.09. The van der Waals surface area contributed by atoms with E-state index in [9.17, 15) is 9.59 Å². The molecular formula is C20H18N2O5S. The van der Waals surface area contributed by atoms with Crippen LogP contribution in [0.2, 0.25) is 0 Å². The normalized spacial score (nSPS) is 15.9. The third-order valence-electron chi connectivity index (χ3n) is 4.44. The lowest BCUT2D eigenvalue weighted by Gasteiger charge is -2.32. The quantitative estimate of drug-likeness (QED) is 0.622. The van der Waals surface area contributed by atoms with Gasteiger partial charge in [-0.05, 0) is 44.2 Å². The second-order valence-electron chi connectivity index (χ2n) is 6.38. The van der Waals surface area contributed by atoms with Crippen LogP contribution >= 0.6 is 11.3 Å². The van der Waals surface area contributed by atoms with Gasteiger partial charge in [-0.3, -0.25) is 9.69 Å². The number of aromatic nitrogens is 1. The van der Waals surface area contributed by atoms with E-state index in [1.807, 2.05) is 30.5 Å². The van der Waals surface area contributed by atoms with E-state index >= 15 is 0 Å². The van der Waals surface area contributed by atoms with E-state index in [0.29, 0.717) is 17.2 Å². The number of carbonyl (C=O) groups is 2. The standard InChI is InChI=1S/C20H18N2O5S/c1-11-19(23)22(9-14-5-7-18(27-14)20(24)25-3)16-8-13(4-6-17(16)26-11)15-10-28-12(2)21-15/h4-8,10-11H,9H2,1-3H3. The number of nitrogens with zero attached hydrogens (tertiary/aromatic N) is 2. The van der Waals surface area contributed by atoms with E-state index in [0.717, 1.165) is 16.3 Å². The van der Waals surface area contributed by atoms with Gasteiger partial charge in [0.15, 0.2) is 6.10 Å². The van der Waals surface area contributed by atoms with Gasteiger partial charge in [0.2, 0.25) is 5.76 Å². The number of carbonyl (C=O) groups excluding carboxylic acids is 2. The molecule has 0 saturated carbocycles. The van der Waals surface area contributed by atoms with Gasteiger partial charge in [-0.25, -0.2) is 9.78 Å². The Morgan fingerprint density at radius 1 is 1.32 bits per heavy atom. The number of benzene rings is 1. The molecule has 4 rings (SSSR count). The molecule has 0 fully saturated rings. The lowest BCUT2D eigenvalue weighted by atomic mass is 10.1. The molecule has 2 aromatic heterocycles. The molecule has 0 N–H and O–H groups in total. The number of fused-ring (bicyclic) bond motifs is 1. The number of aryl methyl sites for hydroxylation is 1. The molecule has 8 heteroatoms. The lowest BCUT2D eigenvalue weighted by molar-refractivity contribution is -0.125. The first kappa shape index (κ1) is 18.2. The van der Waals surface area contributed by atoms with Crippen LogP contribution < -0.4 is 9.64 Å². The largest absolute Gasteiger partial charge is 0.479 e. The van der Waals surface area contributed by atoms with Crippen LogP contribution in [0.5, 0.6) is 5.75 Å². The molecule has 7 nitrogen and oxygen atoms in total. The van der Waals surface area contributed by atoms with Crippen molar-refractivity contribution in [2.24, 2.45) is 0 Å². The zero-order chi connectivity index (χ0) is 19.8. The fraction of sp³-hybridized carbons (Fsp3) is 0.250. The lowest BCUT2D eigenvalue weighted by Crippen LogP contribution is -2.43. The molecule has 0 aliphatic carbocycles. The molecule has 28 heavy (non-hydrogen) atoms. The second kappa shape index (κ2) is 7.12. The minimum Gasteiger partial charge on any atom is -0.479 e. The highest BCUT2D eigenvalue weighted by Gasteiger charge is 2.32. The Labute approximate surface area is 165 Å². The molecule has 1 unspecified atom stereocenters. The van der Waals surface area contributed by atoms with Crippen molar-refractivity contribution >= 4 is 28.9 Å². The molecule has 1 aromatic carbocycles. The summed E-state index contributed by atoms with van der Waals surface area (Å²) in [6, 6.07) is 8.85. The fourth-order valence-electron chi connectivity index (χ4n) is 3.05. The van der Waals surface area contributed by atoms with Gasteiger partial charge in [-0.15, -0.1) is 11.3 Å². The van der Waals surface area contributed by atoms with Gasteiger partial charge in [-0.2, -0.15) is 0 Å². The number of thiazole rings is 1. The number of methoxy groups -OCH3 is 1. The van der Waals surface area contributed by atoms with Crippen LogP contribution in [0.15, 0.2) is 40.1 Å². The topological polar surface area (TPSA) is 81.9 Å². The van der Waals surface area contributed by atoms with Crippen molar-refractivity contribution in [3.05, 3.63) is 52.2 Å². The summed E-state index contributed by atoms with van der Waals surface area (Å²) in [6.07, 6.45) is -0.616. The van der Waals surface area contributed by atoms with E-state index in [2.05, 4.69) is 9.72 Å². The average Bonchev–Trinajstić information content (AvgIpc) is 3.33. The Morgan fingerprint density at radius 3 is 2.86 bits per heavy atom. The number of esters is 1. The molecule has 1 amide bonds. The van der Waals surface area contributed by atoms with Crippen LogP contribution in [0.1, 0.15) is 28.2 Å². The number of rotatable bonds is 4. The minimum absolute atomic E-state index is 0.0955. The van der Waals surface area contributed by atoms with E-state index in [1.54, 1.807) is 29.2 Å². The molecule has 0 radical (unpaired) electrons. The molecular weight excluding hydrogens is 380 g/mol. The van der Waals surface area contributed by atoms with E-state index in [1.165, 1.54) is 13.2 Å². The van der Waals surface area contributed by atoms with Crippen molar-refractivity contribution in [2.75, 3.05) is 12.0 Å². The molecule has 3 aromatic rings. The van der Waals surface area contributed by atoms with Gasteiger partial charge in [-0.1, -0.05) is 0 Å². The zero-order valence-electron chi connectivity index (χ0n) is 15.6. The van der Waals surface area contributed by atoms with E-state index < -0.39 is 12.1 Å². The molecule has 144 valence electrons. The molecule has 0 bridgehead atoms. The van der Waals surface area contributed by atoms with Crippen LogP contribution in [0, 0.1) is 6.92 Å². The summed E-state index contributed by atoms with van der Waals surface area (Å²) < 4.78 is 16.0. The maximum atomic E-state index is 12.8. The highest BCUT2D eigenvalue weighted by atomic mass is 32.1. The molecule has 1 aliphatic rings. The van der Waals surface area contributed by atoms with Crippen molar-refractivity contribution in [3.63, 3.8) is 0 Å².